The van der Waals surface area contributed by atoms with E-state index in [1.165, 1.54) is 12.1 Å². The molecular weight excluding hydrogens is 553 g/mol. The molecule has 0 aliphatic heterocycles. The van der Waals surface area contributed by atoms with E-state index in [2.05, 4.69) is 4.74 Å². The summed E-state index contributed by atoms with van der Waals surface area (Å²) >= 11 is 0. The maximum absolute atomic E-state index is 14.5. The van der Waals surface area contributed by atoms with E-state index < -0.39 is 53.7 Å². The third kappa shape index (κ3) is 5.10. The first-order chi connectivity index (χ1) is 16.2. The molecule has 0 saturated heterocycles. The van der Waals surface area contributed by atoms with Gasteiger partial charge in [0.05, 0.1) is 12.0 Å². The fraction of sp³-hybridized carbons (Fsp3) is 0.714. The average Bonchev–Trinajstić information content (AvgIpc) is 2.76. The van der Waals surface area contributed by atoms with E-state index in [9.17, 15) is 65.9 Å². The van der Waals surface area contributed by atoms with Gasteiger partial charge in [0.15, 0.2) is 0 Å². The van der Waals surface area contributed by atoms with Crippen molar-refractivity contribution in [2.24, 2.45) is 0 Å². The molecule has 0 aromatic heterocycles. The van der Waals surface area contributed by atoms with E-state index in [-0.39, 0.29) is 11.5 Å². The number of benzene rings is 1. The van der Waals surface area contributed by atoms with Crippen LogP contribution in [0.15, 0.2) is 24.3 Å². The van der Waals surface area contributed by atoms with Gasteiger partial charge in [-0.05, 0) is 30.4 Å². The van der Waals surface area contributed by atoms with Crippen molar-refractivity contribution in [3.63, 3.8) is 0 Å². The molecule has 0 fully saturated rings. The summed E-state index contributed by atoms with van der Waals surface area (Å²) in [5, 5.41) is 0. The van der Waals surface area contributed by atoms with Crippen LogP contribution in [0.25, 0.3) is 0 Å². The zero-order valence-electron chi connectivity index (χ0n) is 19.4. The number of ether oxygens (including phenoxy) is 1. The SMILES string of the molecule is CCC(C)c1ccc(C(C)(CC(F)(F)C(F)(F)C(F)(F)C(F)(F)C(F)(F)C(F)(F)C(F)(F)F)OC)cc1. The molecule has 1 aromatic carbocycles. The molecule has 0 bridgehead atoms. The third-order valence-electron chi connectivity index (χ3n) is 6.11. The van der Waals surface area contributed by atoms with Crippen molar-refractivity contribution in [3.05, 3.63) is 35.4 Å². The number of alkyl halides is 15. The summed E-state index contributed by atoms with van der Waals surface area (Å²) < 4.78 is 207. The number of hydrogen-bond acceptors (Lipinski definition) is 1. The summed E-state index contributed by atoms with van der Waals surface area (Å²) in [4.78, 5) is 0. The molecule has 0 N–H and O–H groups in total. The molecule has 1 nitrogen and oxygen atoms in total. The maximum atomic E-state index is 14.5. The Labute approximate surface area is 201 Å². The van der Waals surface area contributed by atoms with Crippen LogP contribution in [0.5, 0.6) is 0 Å². The Hall–Kier alpha value is -1.87. The third-order valence-corrected chi connectivity index (χ3v) is 6.11. The minimum Gasteiger partial charge on any atom is -0.374 e. The van der Waals surface area contributed by atoms with Crippen LogP contribution >= 0.6 is 0 Å². The highest BCUT2D eigenvalue weighted by Crippen LogP contribution is 2.63. The van der Waals surface area contributed by atoms with E-state index >= 15 is 0 Å². The molecule has 0 saturated carbocycles. The molecule has 1 aromatic rings. The Morgan fingerprint density at radius 1 is 0.649 bits per heavy atom. The second-order valence-electron chi connectivity index (χ2n) is 8.62. The van der Waals surface area contributed by atoms with Crippen LogP contribution in [0.2, 0.25) is 0 Å². The molecule has 0 aliphatic rings. The van der Waals surface area contributed by atoms with Crippen molar-refractivity contribution in [1.29, 1.82) is 0 Å². The second-order valence-corrected chi connectivity index (χ2v) is 8.62. The van der Waals surface area contributed by atoms with Gasteiger partial charge in [-0.3, -0.25) is 0 Å². The highest BCUT2D eigenvalue weighted by atomic mass is 19.4. The number of methoxy groups -OCH3 is 1. The van der Waals surface area contributed by atoms with Crippen molar-refractivity contribution in [3.8, 4) is 0 Å². The maximum Gasteiger partial charge on any atom is 0.460 e. The largest absolute Gasteiger partial charge is 0.460 e. The molecule has 16 heteroatoms. The van der Waals surface area contributed by atoms with Crippen molar-refractivity contribution < 1.29 is 70.6 Å². The predicted molar refractivity (Wildman–Crippen MR) is 99.9 cm³/mol. The van der Waals surface area contributed by atoms with Gasteiger partial charge in [-0.1, -0.05) is 38.1 Å². The van der Waals surface area contributed by atoms with Crippen molar-refractivity contribution in [1.82, 2.24) is 0 Å². The number of hydrogen-bond donors (Lipinski definition) is 0. The minimum absolute atomic E-state index is 0.0777. The fourth-order valence-electron chi connectivity index (χ4n) is 3.23. The van der Waals surface area contributed by atoms with Crippen LogP contribution in [0.3, 0.4) is 0 Å². The highest BCUT2D eigenvalue weighted by molar-refractivity contribution is 5.29. The zero-order chi connectivity index (χ0) is 29.7. The topological polar surface area (TPSA) is 9.23 Å². The van der Waals surface area contributed by atoms with Gasteiger partial charge in [-0.25, -0.2) is 0 Å². The van der Waals surface area contributed by atoms with Gasteiger partial charge in [0.1, 0.15) is 0 Å². The monoisotopic (exact) mass is 574 g/mol. The highest BCUT2D eigenvalue weighted by Gasteiger charge is 2.93. The molecule has 0 amide bonds. The Balaban J connectivity index is 3.55. The van der Waals surface area contributed by atoms with Crippen molar-refractivity contribution in [2.45, 2.75) is 86.8 Å². The summed E-state index contributed by atoms with van der Waals surface area (Å²) in [6, 6.07) is 4.73. The van der Waals surface area contributed by atoms with Gasteiger partial charge in [-0.15, -0.1) is 0 Å². The molecule has 37 heavy (non-hydrogen) atoms. The molecule has 0 spiro atoms. The number of rotatable bonds is 11. The van der Waals surface area contributed by atoms with E-state index in [0.717, 1.165) is 12.1 Å². The minimum atomic E-state index is -8.31. The average molecular weight is 574 g/mol. The summed E-state index contributed by atoms with van der Waals surface area (Å²) in [6.45, 7) is 4.15. The van der Waals surface area contributed by atoms with Crippen LogP contribution in [-0.4, -0.2) is 48.8 Å². The fourth-order valence-corrected chi connectivity index (χ4v) is 3.23. The summed E-state index contributed by atoms with van der Waals surface area (Å²) in [6.07, 6.45) is -9.63. The van der Waals surface area contributed by atoms with Crippen molar-refractivity contribution in [2.75, 3.05) is 7.11 Å². The first kappa shape index (κ1) is 33.2. The molecule has 0 radical (unpaired) electrons. The van der Waals surface area contributed by atoms with Crippen LogP contribution in [0, 0.1) is 0 Å². The lowest BCUT2D eigenvalue weighted by Gasteiger charge is -2.43. The Kier molecular flexibility index (Phi) is 8.70. The van der Waals surface area contributed by atoms with Gasteiger partial charge >= 0.3 is 41.7 Å². The molecule has 0 aliphatic carbocycles. The lowest BCUT2D eigenvalue weighted by Crippen LogP contribution is -2.72. The molecular formula is C21H21F15O. The molecule has 216 valence electrons. The van der Waals surface area contributed by atoms with Gasteiger partial charge < -0.3 is 4.74 Å². The normalized spacial score (nSPS) is 17.5. The van der Waals surface area contributed by atoms with Crippen LogP contribution in [0.1, 0.15) is 50.7 Å². The molecule has 2 atom stereocenters. The predicted octanol–water partition coefficient (Wildman–Crippen LogP) is 8.83. The Morgan fingerprint density at radius 3 is 1.38 bits per heavy atom. The Morgan fingerprint density at radius 2 is 1.03 bits per heavy atom. The van der Waals surface area contributed by atoms with E-state index in [0.29, 0.717) is 26.0 Å². The van der Waals surface area contributed by atoms with Crippen LogP contribution < -0.4 is 0 Å². The molecule has 0 heterocycles. The van der Waals surface area contributed by atoms with Crippen molar-refractivity contribution >= 4 is 0 Å². The quantitative estimate of drug-likeness (QED) is 0.240. The number of halogens is 15. The second kappa shape index (κ2) is 9.70. The standard InChI is InChI=1S/C21H21F15O/c1-5-11(2)12-6-8-13(9-7-12)14(3,37-4)10-15(22,23)16(24,25)17(26,27)18(28,29)19(30,31)20(32,33)21(34,35)36/h6-9,11H,5,10H2,1-4H3. The van der Waals surface area contributed by atoms with Gasteiger partial charge in [0.2, 0.25) is 0 Å². The lowest BCUT2D eigenvalue weighted by molar-refractivity contribution is -0.453. The van der Waals surface area contributed by atoms with E-state index in [1.807, 2.05) is 0 Å². The van der Waals surface area contributed by atoms with E-state index in [1.54, 1.807) is 13.8 Å². The first-order valence-corrected chi connectivity index (χ1v) is 10.2. The smallest absolute Gasteiger partial charge is 0.374 e. The summed E-state index contributed by atoms with van der Waals surface area (Å²) in [5.74, 6) is -46.8. The zero-order valence-corrected chi connectivity index (χ0v) is 19.4. The first-order valence-electron chi connectivity index (χ1n) is 10.2. The van der Waals surface area contributed by atoms with Gasteiger partial charge in [0.25, 0.3) is 0 Å². The summed E-state index contributed by atoms with van der Waals surface area (Å²) in [7, 11) is 0.627. The molecule has 2 unspecified atom stereocenters. The Bertz CT molecular complexity index is 921. The van der Waals surface area contributed by atoms with Crippen LogP contribution in [0.4, 0.5) is 65.9 Å². The van der Waals surface area contributed by atoms with Crippen LogP contribution in [-0.2, 0) is 10.3 Å². The van der Waals surface area contributed by atoms with E-state index in [4.69, 9.17) is 0 Å². The summed E-state index contributed by atoms with van der Waals surface area (Å²) in [5.41, 5.74) is -2.45. The van der Waals surface area contributed by atoms with Gasteiger partial charge in [-0.2, -0.15) is 65.9 Å². The molecule has 1 rings (SSSR count). The van der Waals surface area contributed by atoms with Gasteiger partial charge in [0, 0.05) is 7.11 Å². The lowest BCUT2D eigenvalue weighted by atomic mass is 9.83.